The van der Waals surface area contributed by atoms with E-state index < -0.39 is 4.92 Å². The van der Waals surface area contributed by atoms with Crippen LogP contribution in [-0.2, 0) is 0 Å². The maximum absolute atomic E-state index is 11.2. The molecular weight excluding hydrogens is 236 g/mol. The van der Waals surface area contributed by atoms with E-state index in [1.807, 2.05) is 6.92 Å². The number of anilines is 1. The van der Waals surface area contributed by atoms with Crippen LogP contribution in [0.2, 0.25) is 0 Å². The van der Waals surface area contributed by atoms with Crippen LogP contribution in [0.5, 0.6) is 5.75 Å². The summed E-state index contributed by atoms with van der Waals surface area (Å²) in [4.78, 5) is 12.5. The fourth-order valence-corrected chi connectivity index (χ4v) is 1.79. The molecule has 6 heteroatoms. The predicted molar refractivity (Wildman–Crippen MR) is 69.2 cm³/mol. The van der Waals surface area contributed by atoms with E-state index in [-0.39, 0.29) is 18.0 Å². The Hall–Kier alpha value is -1.82. The lowest BCUT2D eigenvalue weighted by molar-refractivity contribution is -0.385. The summed E-state index contributed by atoms with van der Waals surface area (Å²) in [5, 5.41) is 20.2. The molecule has 0 bridgehead atoms. The van der Waals surface area contributed by atoms with Gasteiger partial charge in [0.15, 0.2) is 5.75 Å². The van der Waals surface area contributed by atoms with Gasteiger partial charge in [0, 0.05) is 13.1 Å². The number of nitro groups is 1. The van der Waals surface area contributed by atoms with Crippen LogP contribution in [-0.4, -0.2) is 36.3 Å². The molecule has 0 saturated heterocycles. The minimum absolute atomic E-state index is 0.0466. The number of hydrogen-bond donors (Lipinski definition) is 1. The molecule has 0 fully saturated rings. The molecule has 6 nitrogen and oxygen atoms in total. The highest BCUT2D eigenvalue weighted by Gasteiger charge is 2.23. The summed E-state index contributed by atoms with van der Waals surface area (Å²) in [5.41, 5.74) is 0.428. The molecule has 1 aromatic rings. The van der Waals surface area contributed by atoms with Crippen molar-refractivity contribution in [1.82, 2.24) is 0 Å². The maximum Gasteiger partial charge on any atom is 0.333 e. The van der Waals surface area contributed by atoms with Crippen LogP contribution >= 0.6 is 0 Å². The van der Waals surface area contributed by atoms with Crippen molar-refractivity contribution in [1.29, 1.82) is 0 Å². The smallest absolute Gasteiger partial charge is 0.333 e. The van der Waals surface area contributed by atoms with Gasteiger partial charge in [-0.25, -0.2) is 0 Å². The zero-order valence-electron chi connectivity index (χ0n) is 10.6. The molecule has 1 rings (SSSR count). The zero-order valence-corrected chi connectivity index (χ0v) is 10.6. The first-order chi connectivity index (χ1) is 8.65. The van der Waals surface area contributed by atoms with Gasteiger partial charge in [-0.05, 0) is 26.0 Å². The molecule has 0 aliphatic rings. The number of aliphatic hydroxyl groups excluding tert-OH is 1. The molecule has 0 atom stereocenters. The normalized spacial score (nSPS) is 10.2. The molecule has 0 aliphatic carbocycles. The van der Waals surface area contributed by atoms with Crippen molar-refractivity contribution in [2.75, 3.05) is 31.2 Å². The van der Waals surface area contributed by atoms with E-state index in [9.17, 15) is 10.1 Å². The average molecular weight is 254 g/mol. The summed E-state index contributed by atoms with van der Waals surface area (Å²) in [7, 11) is 0. The third kappa shape index (κ3) is 3.10. The van der Waals surface area contributed by atoms with Gasteiger partial charge in [0.2, 0.25) is 0 Å². The van der Waals surface area contributed by atoms with Gasteiger partial charge in [0.05, 0.1) is 18.1 Å². The first-order valence-electron chi connectivity index (χ1n) is 5.91. The molecule has 18 heavy (non-hydrogen) atoms. The maximum atomic E-state index is 11.2. The van der Waals surface area contributed by atoms with E-state index >= 15 is 0 Å². The first-order valence-corrected chi connectivity index (χ1v) is 5.91. The fourth-order valence-electron chi connectivity index (χ4n) is 1.79. The van der Waals surface area contributed by atoms with E-state index in [1.165, 1.54) is 0 Å². The second kappa shape index (κ2) is 6.80. The molecule has 0 radical (unpaired) electrons. The number of ether oxygens (including phenoxy) is 1. The average Bonchev–Trinajstić information content (AvgIpc) is 2.35. The van der Waals surface area contributed by atoms with Gasteiger partial charge in [0.25, 0.3) is 0 Å². The molecule has 0 saturated carbocycles. The Balaban J connectivity index is 3.24. The molecule has 0 unspecified atom stereocenters. The Kier molecular flexibility index (Phi) is 5.38. The van der Waals surface area contributed by atoms with E-state index in [0.717, 1.165) is 0 Å². The lowest BCUT2D eigenvalue weighted by Crippen LogP contribution is -2.27. The number of para-hydroxylation sites is 1. The lowest BCUT2D eigenvalue weighted by atomic mass is 10.2. The van der Waals surface area contributed by atoms with Gasteiger partial charge in [-0.15, -0.1) is 0 Å². The van der Waals surface area contributed by atoms with Crippen molar-refractivity contribution in [2.45, 2.75) is 13.8 Å². The van der Waals surface area contributed by atoms with Gasteiger partial charge < -0.3 is 14.7 Å². The lowest BCUT2D eigenvalue weighted by Gasteiger charge is -2.22. The summed E-state index contributed by atoms with van der Waals surface area (Å²) in [6.07, 6.45) is 0. The van der Waals surface area contributed by atoms with Crippen LogP contribution < -0.4 is 9.64 Å². The minimum atomic E-state index is -0.444. The quantitative estimate of drug-likeness (QED) is 0.593. The predicted octanol–water partition coefficient (Wildman–Crippen LogP) is 1.81. The van der Waals surface area contributed by atoms with Crippen LogP contribution in [0.3, 0.4) is 0 Å². The Morgan fingerprint density at radius 3 is 2.67 bits per heavy atom. The summed E-state index contributed by atoms with van der Waals surface area (Å²) in [5.74, 6) is 0.261. The van der Waals surface area contributed by atoms with E-state index in [0.29, 0.717) is 25.4 Å². The fraction of sp³-hybridized carbons (Fsp3) is 0.500. The number of nitrogens with zero attached hydrogens (tertiary/aromatic N) is 2. The van der Waals surface area contributed by atoms with Crippen LogP contribution in [0.1, 0.15) is 13.8 Å². The number of rotatable bonds is 7. The second-order valence-electron chi connectivity index (χ2n) is 3.62. The number of likely N-dealkylation sites (N-methyl/N-ethyl adjacent to an activating group) is 1. The van der Waals surface area contributed by atoms with Crippen LogP contribution in [0.15, 0.2) is 18.2 Å². The Bertz CT molecular complexity index is 409. The zero-order chi connectivity index (χ0) is 13.5. The van der Waals surface area contributed by atoms with E-state index in [4.69, 9.17) is 9.84 Å². The largest absolute Gasteiger partial charge is 0.487 e. The summed E-state index contributed by atoms with van der Waals surface area (Å²) in [6.45, 7) is 4.92. The Labute approximate surface area is 106 Å². The van der Waals surface area contributed by atoms with Crippen molar-refractivity contribution < 1.29 is 14.8 Å². The van der Waals surface area contributed by atoms with Crippen molar-refractivity contribution in [3.63, 3.8) is 0 Å². The van der Waals surface area contributed by atoms with Crippen LogP contribution in [0, 0.1) is 10.1 Å². The van der Waals surface area contributed by atoms with Crippen molar-refractivity contribution in [3.05, 3.63) is 28.3 Å². The second-order valence-corrected chi connectivity index (χ2v) is 3.62. The highest BCUT2D eigenvalue weighted by atomic mass is 16.6. The molecule has 0 spiro atoms. The van der Waals surface area contributed by atoms with Gasteiger partial charge in [-0.3, -0.25) is 10.1 Å². The number of aliphatic hydroxyl groups is 1. The molecule has 1 N–H and O–H groups in total. The molecule has 0 aliphatic heterocycles. The first kappa shape index (κ1) is 14.2. The number of hydrogen-bond acceptors (Lipinski definition) is 5. The third-order valence-corrected chi connectivity index (χ3v) is 2.55. The third-order valence-electron chi connectivity index (χ3n) is 2.55. The van der Waals surface area contributed by atoms with E-state index in [2.05, 4.69) is 0 Å². The van der Waals surface area contributed by atoms with Gasteiger partial charge in [0.1, 0.15) is 5.69 Å². The highest BCUT2D eigenvalue weighted by Crippen LogP contribution is 2.36. The summed E-state index contributed by atoms with van der Waals surface area (Å²) >= 11 is 0. The molecule has 0 heterocycles. The summed E-state index contributed by atoms with van der Waals surface area (Å²) < 4.78 is 5.28. The van der Waals surface area contributed by atoms with Crippen LogP contribution in [0.4, 0.5) is 11.4 Å². The van der Waals surface area contributed by atoms with Gasteiger partial charge in [-0.1, -0.05) is 6.07 Å². The molecule has 100 valence electrons. The molecular formula is C12H18N2O4. The van der Waals surface area contributed by atoms with Crippen LogP contribution in [0.25, 0.3) is 0 Å². The summed E-state index contributed by atoms with van der Waals surface area (Å²) in [6, 6.07) is 4.96. The topological polar surface area (TPSA) is 75.8 Å². The Morgan fingerprint density at radius 1 is 1.44 bits per heavy atom. The highest BCUT2D eigenvalue weighted by molar-refractivity contribution is 5.69. The molecule has 0 amide bonds. The van der Waals surface area contributed by atoms with E-state index in [1.54, 1.807) is 30.0 Å². The minimum Gasteiger partial charge on any atom is -0.487 e. The van der Waals surface area contributed by atoms with Crippen molar-refractivity contribution in [3.8, 4) is 5.75 Å². The monoisotopic (exact) mass is 254 g/mol. The standard InChI is InChI=1S/C12H18N2O4/c1-3-13(8-9-15)10-6-5-7-11(18-4-2)12(10)14(16)17/h5-7,15H,3-4,8-9H2,1-2H3. The number of nitro benzene ring substituents is 1. The number of benzene rings is 1. The van der Waals surface area contributed by atoms with Gasteiger partial charge in [-0.2, -0.15) is 0 Å². The molecule has 0 aromatic heterocycles. The van der Waals surface area contributed by atoms with Gasteiger partial charge >= 0.3 is 5.69 Å². The van der Waals surface area contributed by atoms with Crippen molar-refractivity contribution in [2.24, 2.45) is 0 Å². The Morgan fingerprint density at radius 2 is 2.17 bits per heavy atom. The SMILES string of the molecule is CCOc1cccc(N(CC)CCO)c1[N+](=O)[O-]. The molecule has 1 aromatic carbocycles. The van der Waals surface area contributed by atoms with Crippen molar-refractivity contribution >= 4 is 11.4 Å².